The van der Waals surface area contributed by atoms with Crippen LogP contribution < -0.4 is 10.2 Å². The van der Waals surface area contributed by atoms with Crippen LogP contribution in [0.3, 0.4) is 0 Å². The first kappa shape index (κ1) is 19.0. The van der Waals surface area contributed by atoms with Crippen molar-refractivity contribution in [2.45, 2.75) is 55.2 Å². The molecule has 2 aromatic rings. The Morgan fingerprint density at radius 2 is 2.03 bits per heavy atom. The molecule has 0 amide bonds. The first-order chi connectivity index (χ1) is 15.1. The fourth-order valence-electron chi connectivity index (χ4n) is 5.35. The van der Waals surface area contributed by atoms with Gasteiger partial charge in [-0.1, -0.05) is 0 Å². The smallest absolute Gasteiger partial charge is 0.339 e. The van der Waals surface area contributed by atoms with Gasteiger partial charge in [-0.05, 0) is 37.5 Å². The molecule has 8 heteroatoms. The molecule has 2 aromatic heterocycles. The number of rotatable bonds is 2. The minimum atomic E-state index is -0.545. The summed E-state index contributed by atoms with van der Waals surface area (Å²) in [5, 5.41) is 3.79. The molecule has 3 atom stereocenters. The summed E-state index contributed by atoms with van der Waals surface area (Å²) in [6.07, 6.45) is 9.83. The van der Waals surface area contributed by atoms with Crippen molar-refractivity contribution < 1.29 is 9.53 Å². The highest BCUT2D eigenvalue weighted by Gasteiger charge is 2.47. The predicted octanol–water partition coefficient (Wildman–Crippen LogP) is 3.02. The SMILES string of the molecule is O=C1OC2(CCN(c3ccc(C4=NC5CCC(Cl)CC5N4)cn3)CC2)c2cnccc21. The van der Waals surface area contributed by atoms with E-state index in [1.165, 1.54) is 0 Å². The second kappa shape index (κ2) is 7.19. The number of hydrogen-bond donors (Lipinski definition) is 1. The number of fused-ring (bicyclic) bond motifs is 3. The maximum Gasteiger partial charge on any atom is 0.339 e. The lowest BCUT2D eigenvalue weighted by Crippen LogP contribution is -2.43. The van der Waals surface area contributed by atoms with Crippen LogP contribution in [0.2, 0.25) is 0 Å². The van der Waals surface area contributed by atoms with E-state index >= 15 is 0 Å². The summed E-state index contributed by atoms with van der Waals surface area (Å²) in [5.41, 5.74) is 2.05. The highest BCUT2D eigenvalue weighted by Crippen LogP contribution is 2.44. The molecule has 1 spiro atoms. The summed E-state index contributed by atoms with van der Waals surface area (Å²) in [6.45, 7) is 1.54. The number of carbonyl (C=O) groups is 1. The first-order valence-electron chi connectivity index (χ1n) is 11.0. The van der Waals surface area contributed by atoms with Gasteiger partial charge in [-0.25, -0.2) is 9.78 Å². The number of aromatic nitrogens is 2. The van der Waals surface area contributed by atoms with E-state index in [9.17, 15) is 4.79 Å². The first-order valence-corrected chi connectivity index (χ1v) is 11.4. The third-order valence-corrected chi connectivity index (χ3v) is 7.50. The number of aliphatic imine (C=N–C) groups is 1. The Hall–Kier alpha value is -2.67. The fourth-order valence-corrected chi connectivity index (χ4v) is 5.67. The number of esters is 1. The average Bonchev–Trinajstić information content (AvgIpc) is 3.34. The second-order valence-electron chi connectivity index (χ2n) is 8.90. The summed E-state index contributed by atoms with van der Waals surface area (Å²) in [5.74, 6) is 1.63. The van der Waals surface area contributed by atoms with Gasteiger partial charge in [-0.2, -0.15) is 0 Å². The van der Waals surface area contributed by atoms with E-state index in [0.717, 1.165) is 68.0 Å². The molecule has 1 saturated heterocycles. The van der Waals surface area contributed by atoms with Crippen LogP contribution in [0.5, 0.6) is 0 Å². The van der Waals surface area contributed by atoms with Crippen LogP contribution in [-0.4, -0.2) is 52.3 Å². The molecule has 31 heavy (non-hydrogen) atoms. The normalized spacial score (nSPS) is 28.5. The van der Waals surface area contributed by atoms with Crippen molar-refractivity contribution in [2.75, 3.05) is 18.0 Å². The summed E-state index contributed by atoms with van der Waals surface area (Å²) >= 11 is 6.32. The largest absolute Gasteiger partial charge is 0.450 e. The third-order valence-electron chi connectivity index (χ3n) is 7.10. The van der Waals surface area contributed by atoms with Gasteiger partial charge in [0.15, 0.2) is 0 Å². The molecular weight excluding hydrogens is 414 g/mol. The van der Waals surface area contributed by atoms with E-state index in [0.29, 0.717) is 17.6 Å². The highest BCUT2D eigenvalue weighted by molar-refractivity contribution is 6.20. The minimum absolute atomic E-state index is 0.237. The maximum atomic E-state index is 12.3. The Kier molecular flexibility index (Phi) is 4.42. The Labute approximate surface area is 185 Å². The van der Waals surface area contributed by atoms with Crippen molar-refractivity contribution in [3.8, 4) is 0 Å². The molecule has 160 valence electrons. The second-order valence-corrected chi connectivity index (χ2v) is 9.52. The number of amidine groups is 1. The molecule has 4 aliphatic rings. The standard InChI is InChI=1S/C23H24ClN5O2/c24-15-2-3-18-19(11-15)28-21(27-18)14-1-4-20(26-12-14)29-9-6-23(7-10-29)17-13-25-8-5-16(17)22(30)31-23/h1,4-5,8,12-13,15,18-19H,2-3,6-7,9-11H2,(H,27,28). The summed E-state index contributed by atoms with van der Waals surface area (Å²) in [4.78, 5) is 28.3. The molecular formula is C23H24ClN5O2. The molecule has 1 N–H and O–H groups in total. The lowest BCUT2D eigenvalue weighted by atomic mass is 9.85. The number of alkyl halides is 1. The van der Waals surface area contributed by atoms with Gasteiger partial charge in [-0.3, -0.25) is 9.98 Å². The maximum absolute atomic E-state index is 12.3. The van der Waals surface area contributed by atoms with Crippen LogP contribution in [0.15, 0.2) is 41.8 Å². The van der Waals surface area contributed by atoms with Crippen LogP contribution in [-0.2, 0) is 10.3 Å². The third kappa shape index (κ3) is 3.17. The number of nitrogens with one attached hydrogen (secondary N) is 1. The van der Waals surface area contributed by atoms with E-state index in [-0.39, 0.29) is 11.3 Å². The van der Waals surface area contributed by atoms with Crippen molar-refractivity contribution in [1.29, 1.82) is 0 Å². The Morgan fingerprint density at radius 3 is 2.84 bits per heavy atom. The van der Waals surface area contributed by atoms with Crippen molar-refractivity contribution in [1.82, 2.24) is 15.3 Å². The van der Waals surface area contributed by atoms with Gasteiger partial charge in [0.05, 0.1) is 17.6 Å². The number of hydrogen-bond acceptors (Lipinski definition) is 7. The number of carbonyl (C=O) groups excluding carboxylic acids is 1. The molecule has 0 bridgehead atoms. The topological polar surface area (TPSA) is 79.7 Å². The zero-order valence-corrected chi connectivity index (χ0v) is 17.9. The van der Waals surface area contributed by atoms with E-state index < -0.39 is 5.60 Å². The van der Waals surface area contributed by atoms with Crippen LogP contribution in [0.25, 0.3) is 0 Å². The lowest BCUT2D eigenvalue weighted by Gasteiger charge is -2.38. The lowest BCUT2D eigenvalue weighted by molar-refractivity contribution is -0.0212. The number of nitrogens with zero attached hydrogens (tertiary/aromatic N) is 4. The molecule has 0 radical (unpaired) electrons. The average molecular weight is 438 g/mol. The molecule has 6 rings (SSSR count). The van der Waals surface area contributed by atoms with Gasteiger partial charge in [0, 0.05) is 61.0 Å². The molecule has 1 aliphatic carbocycles. The Morgan fingerprint density at radius 1 is 1.16 bits per heavy atom. The molecule has 0 aromatic carbocycles. The van der Waals surface area contributed by atoms with E-state index in [4.69, 9.17) is 26.3 Å². The van der Waals surface area contributed by atoms with E-state index in [1.54, 1.807) is 18.5 Å². The molecule has 3 unspecified atom stereocenters. The number of anilines is 1. The van der Waals surface area contributed by atoms with Crippen molar-refractivity contribution in [2.24, 2.45) is 4.99 Å². The van der Waals surface area contributed by atoms with Gasteiger partial charge < -0.3 is 15.0 Å². The minimum Gasteiger partial charge on any atom is -0.450 e. The van der Waals surface area contributed by atoms with Gasteiger partial charge >= 0.3 is 5.97 Å². The van der Waals surface area contributed by atoms with Crippen molar-refractivity contribution >= 4 is 29.2 Å². The van der Waals surface area contributed by atoms with Crippen LogP contribution in [0.4, 0.5) is 5.82 Å². The fraction of sp³-hybridized carbons (Fsp3) is 0.478. The van der Waals surface area contributed by atoms with Gasteiger partial charge in [0.1, 0.15) is 17.3 Å². The molecule has 1 saturated carbocycles. The molecule has 7 nitrogen and oxygen atoms in total. The summed E-state index contributed by atoms with van der Waals surface area (Å²) in [7, 11) is 0. The Bertz CT molecular complexity index is 1050. The van der Waals surface area contributed by atoms with E-state index in [1.807, 2.05) is 6.20 Å². The Balaban J connectivity index is 1.14. The van der Waals surface area contributed by atoms with E-state index in [2.05, 4.69) is 27.3 Å². The van der Waals surface area contributed by atoms with Crippen molar-refractivity contribution in [3.05, 3.63) is 53.5 Å². The van der Waals surface area contributed by atoms with Crippen molar-refractivity contribution in [3.63, 3.8) is 0 Å². The van der Waals surface area contributed by atoms with Crippen LogP contribution in [0, 0.1) is 0 Å². The number of halogens is 1. The number of piperidine rings is 1. The molecule has 5 heterocycles. The van der Waals surface area contributed by atoms with Gasteiger partial charge in [0.2, 0.25) is 0 Å². The highest BCUT2D eigenvalue weighted by atomic mass is 35.5. The molecule has 2 fully saturated rings. The quantitative estimate of drug-likeness (QED) is 0.574. The zero-order valence-electron chi connectivity index (χ0n) is 17.1. The van der Waals surface area contributed by atoms with Gasteiger partial charge in [0.25, 0.3) is 0 Å². The summed E-state index contributed by atoms with van der Waals surface area (Å²) < 4.78 is 5.83. The molecule has 3 aliphatic heterocycles. The zero-order chi connectivity index (χ0) is 21.0. The number of ether oxygens (including phenoxy) is 1. The number of pyridine rings is 2. The van der Waals surface area contributed by atoms with Crippen LogP contribution in [0.1, 0.15) is 53.6 Å². The monoisotopic (exact) mass is 437 g/mol. The summed E-state index contributed by atoms with van der Waals surface area (Å²) in [6, 6.07) is 6.57. The predicted molar refractivity (Wildman–Crippen MR) is 118 cm³/mol. The van der Waals surface area contributed by atoms with Crippen LogP contribution >= 0.6 is 11.6 Å². The van der Waals surface area contributed by atoms with Gasteiger partial charge in [-0.15, -0.1) is 11.6 Å².